The number of halogens is 3. The molecule has 0 saturated carbocycles. The monoisotopic (exact) mass is 540 g/mol. The Morgan fingerprint density at radius 3 is 2.48 bits per heavy atom. The molecule has 0 aliphatic carbocycles. The zero-order valence-electron chi connectivity index (χ0n) is 15.8. The minimum absolute atomic E-state index is 0.0475. The minimum Gasteiger partial charge on any atom is -0.474 e. The van der Waals surface area contributed by atoms with E-state index in [1.54, 1.807) is 38.1 Å². The second-order valence-electron chi connectivity index (χ2n) is 6.94. The van der Waals surface area contributed by atoms with Gasteiger partial charge in [-0.25, -0.2) is 0 Å². The van der Waals surface area contributed by atoms with Gasteiger partial charge in [-0.05, 0) is 37.6 Å². The number of alkyl halides is 2. The molecule has 0 bridgehead atoms. The first-order valence-corrected chi connectivity index (χ1v) is 11.0. The average molecular weight is 543 g/mol. The van der Waals surface area contributed by atoms with Crippen LogP contribution in [0.25, 0.3) is 5.57 Å². The Kier molecular flexibility index (Phi) is 6.71. The maximum Gasteiger partial charge on any atom is 0.261 e. The standard InChI is InChI=1S/C21H19Br2ClN2O3/c1-21(2,20(28)25-15-10-6-9-14(24)11-15)26-12-29-17(18(22)23)16(19(26)27)13-7-4-3-5-8-13/h3-11,18H,12H2,1-2H3,(H,25,28). The molecule has 1 heterocycles. The van der Waals surface area contributed by atoms with Crippen LogP contribution in [0.2, 0.25) is 5.02 Å². The zero-order chi connectivity index (χ0) is 21.2. The van der Waals surface area contributed by atoms with Crippen molar-refractivity contribution in [3.63, 3.8) is 0 Å². The number of rotatable bonds is 5. The average Bonchev–Trinajstić information content (AvgIpc) is 2.68. The number of nitrogens with zero attached hydrogens (tertiary/aromatic N) is 1. The van der Waals surface area contributed by atoms with Crippen molar-refractivity contribution in [2.75, 3.05) is 12.0 Å². The lowest BCUT2D eigenvalue weighted by Gasteiger charge is -2.40. The summed E-state index contributed by atoms with van der Waals surface area (Å²) in [4.78, 5) is 27.9. The Balaban J connectivity index is 1.92. The van der Waals surface area contributed by atoms with E-state index in [0.29, 0.717) is 27.6 Å². The van der Waals surface area contributed by atoms with Crippen LogP contribution in [0.1, 0.15) is 19.4 Å². The number of carbonyl (C=O) groups excluding carboxylic acids is 2. The Bertz CT molecular complexity index is 961. The fourth-order valence-corrected chi connectivity index (χ4v) is 3.85. The Morgan fingerprint density at radius 2 is 1.86 bits per heavy atom. The van der Waals surface area contributed by atoms with Crippen molar-refractivity contribution in [2.24, 2.45) is 0 Å². The number of anilines is 1. The Labute approximate surface area is 191 Å². The summed E-state index contributed by atoms with van der Waals surface area (Å²) in [6.45, 7) is 3.32. The molecular formula is C21H19Br2ClN2O3. The molecule has 0 aromatic heterocycles. The molecule has 0 saturated heterocycles. The maximum absolute atomic E-state index is 13.4. The summed E-state index contributed by atoms with van der Waals surface area (Å²) < 4.78 is 5.55. The molecule has 29 heavy (non-hydrogen) atoms. The van der Waals surface area contributed by atoms with Crippen molar-refractivity contribution < 1.29 is 14.3 Å². The fraction of sp³-hybridized carbons (Fsp3) is 0.238. The summed E-state index contributed by atoms with van der Waals surface area (Å²) in [6.07, 6.45) is 0. The van der Waals surface area contributed by atoms with Crippen LogP contribution in [0.15, 0.2) is 60.4 Å². The quantitative estimate of drug-likeness (QED) is 0.515. The molecule has 2 aromatic rings. The molecule has 8 heteroatoms. The van der Waals surface area contributed by atoms with Crippen LogP contribution >= 0.6 is 43.5 Å². The van der Waals surface area contributed by atoms with Gasteiger partial charge >= 0.3 is 0 Å². The molecular weight excluding hydrogens is 524 g/mol. The summed E-state index contributed by atoms with van der Waals surface area (Å²) in [7, 11) is 0. The van der Waals surface area contributed by atoms with E-state index >= 15 is 0 Å². The van der Waals surface area contributed by atoms with Crippen molar-refractivity contribution in [2.45, 2.75) is 23.1 Å². The lowest BCUT2D eigenvalue weighted by molar-refractivity contribution is -0.147. The molecule has 0 spiro atoms. The number of benzene rings is 2. The molecule has 5 nitrogen and oxygen atoms in total. The number of hydrogen-bond donors (Lipinski definition) is 1. The topological polar surface area (TPSA) is 58.6 Å². The third kappa shape index (κ3) is 4.68. The highest BCUT2D eigenvalue weighted by Crippen LogP contribution is 2.36. The number of nitrogens with one attached hydrogen (secondary N) is 1. The molecule has 0 fully saturated rings. The smallest absolute Gasteiger partial charge is 0.261 e. The Morgan fingerprint density at radius 1 is 1.17 bits per heavy atom. The molecule has 0 radical (unpaired) electrons. The van der Waals surface area contributed by atoms with Gasteiger partial charge in [0.25, 0.3) is 5.91 Å². The van der Waals surface area contributed by atoms with Crippen molar-refractivity contribution in [3.05, 3.63) is 70.9 Å². The van der Waals surface area contributed by atoms with Gasteiger partial charge in [0.15, 0.2) is 6.73 Å². The van der Waals surface area contributed by atoms with Crippen LogP contribution in [0.5, 0.6) is 0 Å². The normalized spacial score (nSPS) is 14.8. The highest BCUT2D eigenvalue weighted by Gasteiger charge is 2.43. The van der Waals surface area contributed by atoms with Crippen LogP contribution in [0.3, 0.4) is 0 Å². The van der Waals surface area contributed by atoms with E-state index < -0.39 is 5.54 Å². The summed E-state index contributed by atoms with van der Waals surface area (Å²) in [5.41, 5.74) is 0.506. The van der Waals surface area contributed by atoms with Gasteiger partial charge in [0.1, 0.15) is 15.0 Å². The summed E-state index contributed by atoms with van der Waals surface area (Å²) in [5, 5.41) is 3.33. The molecule has 2 amide bonds. The number of allylic oxidation sites excluding steroid dienone is 1. The lowest BCUT2D eigenvalue weighted by atomic mass is 9.96. The molecule has 152 valence electrons. The largest absolute Gasteiger partial charge is 0.474 e. The van der Waals surface area contributed by atoms with Gasteiger partial charge in [-0.3, -0.25) is 14.5 Å². The highest BCUT2D eigenvalue weighted by atomic mass is 79.9. The van der Waals surface area contributed by atoms with E-state index in [2.05, 4.69) is 37.2 Å². The van der Waals surface area contributed by atoms with Gasteiger partial charge in [0.05, 0.1) is 5.57 Å². The van der Waals surface area contributed by atoms with Gasteiger partial charge < -0.3 is 10.1 Å². The van der Waals surface area contributed by atoms with Crippen LogP contribution in [-0.2, 0) is 14.3 Å². The van der Waals surface area contributed by atoms with Gasteiger partial charge in [0, 0.05) is 10.7 Å². The van der Waals surface area contributed by atoms with Gasteiger partial charge in [-0.1, -0.05) is 79.9 Å². The predicted octanol–water partition coefficient (Wildman–Crippen LogP) is 5.40. The highest BCUT2D eigenvalue weighted by molar-refractivity contribution is 9.24. The van der Waals surface area contributed by atoms with Crippen molar-refractivity contribution in [3.8, 4) is 0 Å². The van der Waals surface area contributed by atoms with Gasteiger partial charge in [-0.2, -0.15) is 0 Å². The first-order valence-electron chi connectivity index (χ1n) is 8.81. The molecule has 1 aliphatic heterocycles. The maximum atomic E-state index is 13.4. The van der Waals surface area contributed by atoms with E-state index in [1.807, 2.05) is 30.3 Å². The second-order valence-corrected chi connectivity index (χ2v) is 10.4. The minimum atomic E-state index is -1.17. The third-order valence-corrected chi connectivity index (χ3v) is 5.69. The van der Waals surface area contributed by atoms with E-state index in [9.17, 15) is 9.59 Å². The van der Waals surface area contributed by atoms with E-state index in [-0.39, 0.29) is 22.3 Å². The summed E-state index contributed by atoms with van der Waals surface area (Å²) in [5.74, 6) is -0.155. The van der Waals surface area contributed by atoms with E-state index in [0.717, 1.165) is 0 Å². The SMILES string of the molecule is CC(C)(C(=O)Nc1cccc(Cl)c1)N1COC(C(Br)Br)=C(c2ccccc2)C1=O. The first-order chi connectivity index (χ1) is 13.7. The summed E-state index contributed by atoms with van der Waals surface area (Å²) >= 11 is 12.8. The van der Waals surface area contributed by atoms with Gasteiger partial charge in [0.2, 0.25) is 5.91 Å². The molecule has 1 N–H and O–H groups in total. The molecule has 3 rings (SSSR count). The summed E-state index contributed by atoms with van der Waals surface area (Å²) in [6, 6.07) is 16.1. The molecule has 1 aliphatic rings. The first kappa shape index (κ1) is 21.9. The number of amides is 2. The van der Waals surface area contributed by atoms with Crippen LogP contribution in [0.4, 0.5) is 5.69 Å². The Hall–Kier alpha value is -1.83. The van der Waals surface area contributed by atoms with E-state index in [1.165, 1.54) is 4.90 Å². The van der Waals surface area contributed by atoms with Crippen LogP contribution < -0.4 is 5.32 Å². The van der Waals surface area contributed by atoms with Crippen molar-refractivity contribution in [1.29, 1.82) is 0 Å². The second kappa shape index (κ2) is 8.90. The lowest BCUT2D eigenvalue weighted by Crippen LogP contribution is -2.57. The van der Waals surface area contributed by atoms with Crippen molar-refractivity contribution in [1.82, 2.24) is 4.90 Å². The van der Waals surface area contributed by atoms with E-state index in [4.69, 9.17) is 16.3 Å². The fourth-order valence-electron chi connectivity index (χ4n) is 2.94. The zero-order valence-corrected chi connectivity index (χ0v) is 19.7. The molecule has 0 atom stereocenters. The number of hydrogen-bond acceptors (Lipinski definition) is 3. The third-order valence-electron chi connectivity index (χ3n) is 4.63. The molecule has 0 unspecified atom stereocenters. The number of carbonyl (C=O) groups is 2. The number of ether oxygens (including phenoxy) is 1. The van der Waals surface area contributed by atoms with Crippen LogP contribution in [-0.4, -0.2) is 32.7 Å². The molecule has 2 aromatic carbocycles. The van der Waals surface area contributed by atoms with Gasteiger partial charge in [-0.15, -0.1) is 0 Å². The predicted molar refractivity (Wildman–Crippen MR) is 122 cm³/mol. The van der Waals surface area contributed by atoms with Crippen molar-refractivity contribution >= 4 is 66.5 Å². The van der Waals surface area contributed by atoms with Crippen LogP contribution in [0, 0.1) is 0 Å².